The second-order valence-corrected chi connectivity index (χ2v) is 8.92. The highest BCUT2D eigenvalue weighted by Gasteiger charge is 2.36. The van der Waals surface area contributed by atoms with E-state index in [0.717, 1.165) is 30.2 Å². The standard InChI is InChI=1S/C23H24F3N5O/c1-30(17-9-14-2-3-15(8-14)10-17)22-7-6-19(28-29-22)18-5-4-16(11-20(18)32)31-12-21(27-13-31)23(24,25)26/h4-7,11-15,17,32H,2-3,8-10H2,1H3/t14-,15+,17+. The summed E-state index contributed by atoms with van der Waals surface area (Å²) >= 11 is 0. The number of phenols is 1. The number of hydrogen-bond donors (Lipinski definition) is 1. The van der Waals surface area contributed by atoms with Gasteiger partial charge in [0.25, 0.3) is 0 Å². The van der Waals surface area contributed by atoms with Gasteiger partial charge in [0.1, 0.15) is 5.75 Å². The van der Waals surface area contributed by atoms with Crippen molar-refractivity contribution in [3.8, 4) is 22.7 Å². The van der Waals surface area contributed by atoms with Crippen molar-refractivity contribution in [1.29, 1.82) is 0 Å². The number of benzene rings is 1. The molecular weight excluding hydrogens is 419 g/mol. The van der Waals surface area contributed by atoms with Gasteiger partial charge >= 0.3 is 6.18 Å². The predicted molar refractivity (Wildman–Crippen MR) is 114 cm³/mol. The minimum Gasteiger partial charge on any atom is -0.507 e. The molecule has 2 bridgehead atoms. The quantitative estimate of drug-likeness (QED) is 0.610. The van der Waals surface area contributed by atoms with Crippen LogP contribution in [0.4, 0.5) is 19.0 Å². The van der Waals surface area contributed by atoms with Gasteiger partial charge in [0.2, 0.25) is 0 Å². The summed E-state index contributed by atoms with van der Waals surface area (Å²) in [5.41, 5.74) is 0.335. The average Bonchev–Trinajstić information content (AvgIpc) is 3.40. The Hall–Kier alpha value is -3.10. The summed E-state index contributed by atoms with van der Waals surface area (Å²) in [5, 5.41) is 19.2. The molecule has 3 aromatic rings. The summed E-state index contributed by atoms with van der Waals surface area (Å²) in [6.45, 7) is 0. The third kappa shape index (κ3) is 3.91. The van der Waals surface area contributed by atoms with Gasteiger partial charge < -0.3 is 14.6 Å². The maximum Gasteiger partial charge on any atom is 0.434 e. The second-order valence-electron chi connectivity index (χ2n) is 8.92. The highest BCUT2D eigenvalue weighted by atomic mass is 19.4. The number of halogens is 3. The Morgan fingerprint density at radius 3 is 2.38 bits per heavy atom. The van der Waals surface area contributed by atoms with Crippen LogP contribution in [0.5, 0.6) is 5.75 Å². The zero-order valence-corrected chi connectivity index (χ0v) is 17.6. The number of phenolic OH excluding ortho intramolecular Hbond substituents is 1. The fourth-order valence-electron chi connectivity index (χ4n) is 5.14. The molecule has 0 radical (unpaired) electrons. The Morgan fingerprint density at radius 2 is 1.78 bits per heavy atom. The van der Waals surface area contributed by atoms with Crippen molar-refractivity contribution < 1.29 is 18.3 Å². The van der Waals surface area contributed by atoms with Gasteiger partial charge in [-0.15, -0.1) is 10.2 Å². The molecular formula is C23H24F3N5O. The van der Waals surface area contributed by atoms with Crippen LogP contribution < -0.4 is 4.90 Å². The monoisotopic (exact) mass is 443 g/mol. The molecule has 0 saturated heterocycles. The fraction of sp³-hybridized carbons (Fsp3) is 0.435. The first-order valence-electron chi connectivity index (χ1n) is 10.8. The highest BCUT2D eigenvalue weighted by molar-refractivity contribution is 5.69. The van der Waals surface area contributed by atoms with Crippen molar-refractivity contribution in [2.24, 2.45) is 11.8 Å². The molecule has 9 heteroatoms. The van der Waals surface area contributed by atoms with Crippen LogP contribution in [-0.4, -0.2) is 37.9 Å². The van der Waals surface area contributed by atoms with E-state index in [9.17, 15) is 18.3 Å². The van der Waals surface area contributed by atoms with Crippen LogP contribution in [0.2, 0.25) is 0 Å². The van der Waals surface area contributed by atoms with Crippen LogP contribution in [0.25, 0.3) is 16.9 Å². The summed E-state index contributed by atoms with van der Waals surface area (Å²) in [4.78, 5) is 5.59. The largest absolute Gasteiger partial charge is 0.507 e. The fourth-order valence-corrected chi connectivity index (χ4v) is 5.14. The van der Waals surface area contributed by atoms with Crippen molar-refractivity contribution in [3.05, 3.63) is 48.5 Å². The molecule has 1 aromatic carbocycles. The minimum atomic E-state index is -4.52. The Morgan fingerprint density at radius 1 is 1.03 bits per heavy atom. The van der Waals surface area contributed by atoms with Crippen molar-refractivity contribution in [2.75, 3.05) is 11.9 Å². The van der Waals surface area contributed by atoms with E-state index < -0.39 is 11.9 Å². The molecule has 2 saturated carbocycles. The maximum atomic E-state index is 12.8. The van der Waals surface area contributed by atoms with Crippen LogP contribution in [-0.2, 0) is 6.18 Å². The Balaban J connectivity index is 1.33. The number of rotatable bonds is 4. The number of hydrogen-bond acceptors (Lipinski definition) is 5. The summed E-state index contributed by atoms with van der Waals surface area (Å²) in [6, 6.07) is 8.80. The van der Waals surface area contributed by atoms with E-state index in [1.807, 2.05) is 12.1 Å². The Kier molecular flexibility index (Phi) is 5.06. The zero-order valence-electron chi connectivity index (χ0n) is 17.6. The molecule has 32 heavy (non-hydrogen) atoms. The molecule has 2 aromatic heterocycles. The third-order valence-corrected chi connectivity index (χ3v) is 6.85. The van der Waals surface area contributed by atoms with Crippen LogP contribution in [0.3, 0.4) is 0 Å². The van der Waals surface area contributed by atoms with E-state index in [1.54, 1.807) is 12.1 Å². The second kappa shape index (κ2) is 7.79. The van der Waals surface area contributed by atoms with Gasteiger partial charge in [0, 0.05) is 30.9 Å². The van der Waals surface area contributed by atoms with Gasteiger partial charge in [-0.25, -0.2) is 4.98 Å². The lowest BCUT2D eigenvalue weighted by atomic mass is 9.85. The van der Waals surface area contributed by atoms with Gasteiger partial charge in [0.15, 0.2) is 11.5 Å². The number of aromatic nitrogens is 4. The zero-order chi connectivity index (χ0) is 22.5. The molecule has 6 nitrogen and oxygen atoms in total. The van der Waals surface area contributed by atoms with E-state index in [4.69, 9.17) is 0 Å². The predicted octanol–water partition coefficient (Wildman–Crippen LogP) is 5.07. The Bertz CT molecular complexity index is 1100. The number of imidazole rings is 1. The van der Waals surface area contributed by atoms with Gasteiger partial charge in [-0.3, -0.25) is 0 Å². The van der Waals surface area contributed by atoms with E-state index in [-0.39, 0.29) is 5.75 Å². The molecule has 2 aliphatic rings. The number of fused-ring (bicyclic) bond motifs is 2. The summed E-state index contributed by atoms with van der Waals surface area (Å²) < 4.78 is 39.6. The highest BCUT2D eigenvalue weighted by Crippen LogP contribution is 2.43. The lowest BCUT2D eigenvalue weighted by Crippen LogP contribution is -2.37. The van der Waals surface area contributed by atoms with Crippen LogP contribution in [0, 0.1) is 11.8 Å². The molecule has 1 N–H and O–H groups in total. The van der Waals surface area contributed by atoms with Crippen molar-refractivity contribution >= 4 is 5.82 Å². The first-order valence-corrected chi connectivity index (χ1v) is 10.8. The maximum absolute atomic E-state index is 12.8. The smallest absolute Gasteiger partial charge is 0.434 e. The van der Waals surface area contributed by atoms with Crippen LogP contribution in [0.15, 0.2) is 42.9 Å². The molecule has 2 fully saturated rings. The van der Waals surface area contributed by atoms with Crippen LogP contribution in [0.1, 0.15) is 37.8 Å². The van der Waals surface area contributed by atoms with Gasteiger partial charge in [0.05, 0.1) is 17.7 Å². The molecule has 2 heterocycles. The van der Waals surface area contributed by atoms with Gasteiger partial charge in [-0.2, -0.15) is 13.2 Å². The summed E-state index contributed by atoms with van der Waals surface area (Å²) in [6.07, 6.45) is 3.87. The van der Waals surface area contributed by atoms with Gasteiger partial charge in [-0.05, 0) is 55.4 Å². The number of aromatic hydroxyl groups is 1. The van der Waals surface area contributed by atoms with E-state index in [1.165, 1.54) is 42.7 Å². The summed E-state index contributed by atoms with van der Waals surface area (Å²) in [7, 11) is 2.06. The molecule has 168 valence electrons. The average molecular weight is 443 g/mol. The molecule has 0 unspecified atom stereocenters. The van der Waals surface area contributed by atoms with Gasteiger partial charge in [-0.1, -0.05) is 12.8 Å². The van der Waals surface area contributed by atoms with E-state index in [0.29, 0.717) is 23.0 Å². The molecule has 5 rings (SSSR count). The number of anilines is 1. The van der Waals surface area contributed by atoms with Crippen LogP contribution >= 0.6 is 0 Å². The molecule has 0 aliphatic heterocycles. The van der Waals surface area contributed by atoms with E-state index >= 15 is 0 Å². The van der Waals surface area contributed by atoms with E-state index in [2.05, 4.69) is 27.1 Å². The Labute approximate surface area is 183 Å². The molecule has 0 amide bonds. The van der Waals surface area contributed by atoms with Crippen molar-refractivity contribution in [1.82, 2.24) is 19.7 Å². The molecule has 0 spiro atoms. The topological polar surface area (TPSA) is 67.1 Å². The first kappa shape index (κ1) is 20.8. The lowest BCUT2D eigenvalue weighted by Gasteiger charge is -2.35. The lowest BCUT2D eigenvalue weighted by molar-refractivity contribution is -0.140. The third-order valence-electron chi connectivity index (χ3n) is 6.85. The van der Waals surface area contributed by atoms with Crippen molar-refractivity contribution in [3.63, 3.8) is 0 Å². The SMILES string of the molecule is CN(c1ccc(-c2ccc(-n3cnc(C(F)(F)F)c3)cc2O)nn1)[C@H]1C[C@@H]2CC[C@@H](C2)C1. The first-order chi connectivity index (χ1) is 15.3. The molecule has 3 atom stereocenters. The number of nitrogens with zero attached hydrogens (tertiary/aromatic N) is 5. The van der Waals surface area contributed by atoms with Crippen molar-refractivity contribution in [2.45, 2.75) is 44.3 Å². The summed E-state index contributed by atoms with van der Waals surface area (Å²) in [5.74, 6) is 2.36. The minimum absolute atomic E-state index is 0.0935. The normalized spacial score (nSPS) is 22.8. The molecule has 2 aliphatic carbocycles. The number of alkyl halides is 3.